The highest BCUT2D eigenvalue weighted by atomic mass is 35.5. The number of carbonyl (C=O) groups is 2. The highest BCUT2D eigenvalue weighted by molar-refractivity contribution is 6.28. The van der Waals surface area contributed by atoms with Crippen molar-refractivity contribution in [2.24, 2.45) is 11.3 Å². The first-order valence-corrected chi connectivity index (χ1v) is 6.15. The third kappa shape index (κ3) is 3.89. The SMILES string of the molecule is CC(C)C(C)(CC(=O)Nc1ccnc(Cl)n1)C(=O)O. The molecule has 104 valence electrons. The lowest BCUT2D eigenvalue weighted by Crippen LogP contribution is -2.37. The maximum atomic E-state index is 11.9. The van der Waals surface area contributed by atoms with Crippen LogP contribution >= 0.6 is 11.6 Å². The zero-order valence-electron chi connectivity index (χ0n) is 11.0. The second-order valence-electron chi connectivity index (χ2n) is 4.81. The second-order valence-corrected chi connectivity index (χ2v) is 5.15. The Hall–Kier alpha value is -1.69. The molecular weight excluding hydrogens is 270 g/mol. The smallest absolute Gasteiger partial charge is 0.310 e. The molecule has 6 nitrogen and oxygen atoms in total. The second kappa shape index (κ2) is 5.97. The Morgan fingerprint density at radius 2 is 2.16 bits per heavy atom. The van der Waals surface area contributed by atoms with Crippen LogP contribution in [0.3, 0.4) is 0 Å². The van der Waals surface area contributed by atoms with Gasteiger partial charge in [0.2, 0.25) is 11.2 Å². The van der Waals surface area contributed by atoms with Crippen LogP contribution in [0, 0.1) is 11.3 Å². The molecule has 0 bridgehead atoms. The molecule has 0 spiro atoms. The molecule has 7 heteroatoms. The molecule has 1 unspecified atom stereocenters. The van der Waals surface area contributed by atoms with Gasteiger partial charge in [-0.25, -0.2) is 9.97 Å². The van der Waals surface area contributed by atoms with Crippen LogP contribution in [0.25, 0.3) is 0 Å². The van der Waals surface area contributed by atoms with Crippen molar-refractivity contribution in [3.63, 3.8) is 0 Å². The van der Waals surface area contributed by atoms with Crippen LogP contribution in [0.15, 0.2) is 12.3 Å². The molecule has 0 saturated heterocycles. The normalized spacial score (nSPS) is 13.9. The Morgan fingerprint density at radius 3 is 2.63 bits per heavy atom. The molecule has 0 saturated carbocycles. The number of aliphatic carboxylic acids is 1. The molecular formula is C12H16ClN3O3. The van der Waals surface area contributed by atoms with Crippen molar-refractivity contribution in [1.29, 1.82) is 0 Å². The first-order chi connectivity index (χ1) is 8.75. The molecule has 1 aromatic rings. The molecule has 0 radical (unpaired) electrons. The van der Waals surface area contributed by atoms with E-state index in [4.69, 9.17) is 11.6 Å². The summed E-state index contributed by atoms with van der Waals surface area (Å²) >= 11 is 5.59. The highest BCUT2D eigenvalue weighted by Crippen LogP contribution is 2.31. The average Bonchev–Trinajstić information content (AvgIpc) is 2.27. The van der Waals surface area contributed by atoms with Crippen LogP contribution in [0.5, 0.6) is 0 Å². The van der Waals surface area contributed by atoms with Gasteiger partial charge in [0.15, 0.2) is 0 Å². The van der Waals surface area contributed by atoms with Crippen molar-refractivity contribution in [2.45, 2.75) is 27.2 Å². The minimum absolute atomic E-state index is 0.0163. The number of halogens is 1. The van der Waals surface area contributed by atoms with E-state index >= 15 is 0 Å². The maximum Gasteiger partial charge on any atom is 0.310 e. The van der Waals surface area contributed by atoms with Crippen molar-refractivity contribution in [3.8, 4) is 0 Å². The Labute approximate surface area is 116 Å². The summed E-state index contributed by atoms with van der Waals surface area (Å²) in [6.45, 7) is 5.08. The molecule has 0 aliphatic rings. The third-order valence-electron chi connectivity index (χ3n) is 3.18. The molecule has 1 amide bonds. The first-order valence-electron chi connectivity index (χ1n) is 5.77. The monoisotopic (exact) mass is 285 g/mol. The minimum Gasteiger partial charge on any atom is -0.481 e. The van der Waals surface area contributed by atoms with Crippen molar-refractivity contribution in [2.75, 3.05) is 5.32 Å². The van der Waals surface area contributed by atoms with Gasteiger partial charge >= 0.3 is 5.97 Å². The first kappa shape index (κ1) is 15.4. The number of rotatable bonds is 5. The van der Waals surface area contributed by atoms with E-state index in [-0.39, 0.29) is 23.4 Å². The van der Waals surface area contributed by atoms with Gasteiger partial charge in [0.1, 0.15) is 5.82 Å². The van der Waals surface area contributed by atoms with E-state index in [1.54, 1.807) is 20.8 Å². The lowest BCUT2D eigenvalue weighted by molar-refractivity contribution is -0.153. The fourth-order valence-corrected chi connectivity index (χ4v) is 1.60. The standard InChI is InChI=1S/C12H16ClN3O3/c1-7(2)12(3,10(18)19)6-9(17)15-8-4-5-14-11(13)16-8/h4-5,7H,6H2,1-3H3,(H,18,19)(H,14,15,16,17). The van der Waals surface area contributed by atoms with E-state index in [1.165, 1.54) is 12.3 Å². The summed E-state index contributed by atoms with van der Waals surface area (Å²) in [6, 6.07) is 1.48. The molecule has 1 atom stereocenters. The van der Waals surface area contributed by atoms with Gasteiger partial charge in [-0.1, -0.05) is 13.8 Å². The summed E-state index contributed by atoms with van der Waals surface area (Å²) < 4.78 is 0. The molecule has 1 aromatic heterocycles. The molecule has 1 rings (SSSR count). The summed E-state index contributed by atoms with van der Waals surface area (Å²) in [5.74, 6) is -1.35. The minimum atomic E-state index is -1.12. The fourth-order valence-electron chi connectivity index (χ4n) is 1.45. The van der Waals surface area contributed by atoms with Crippen LogP contribution in [0.2, 0.25) is 5.28 Å². The zero-order chi connectivity index (χ0) is 14.6. The molecule has 0 aliphatic carbocycles. The molecule has 0 fully saturated rings. The van der Waals surface area contributed by atoms with Gasteiger partial charge < -0.3 is 10.4 Å². The molecule has 1 heterocycles. The number of carboxylic acid groups (broad SMARTS) is 1. The number of nitrogens with zero attached hydrogens (tertiary/aromatic N) is 2. The number of hydrogen-bond donors (Lipinski definition) is 2. The fraction of sp³-hybridized carbons (Fsp3) is 0.500. The summed E-state index contributed by atoms with van der Waals surface area (Å²) in [5, 5.41) is 11.8. The summed E-state index contributed by atoms with van der Waals surface area (Å²) in [6.07, 6.45) is 1.27. The zero-order valence-corrected chi connectivity index (χ0v) is 11.7. The molecule has 19 heavy (non-hydrogen) atoms. The van der Waals surface area contributed by atoms with Crippen molar-refractivity contribution < 1.29 is 14.7 Å². The summed E-state index contributed by atoms with van der Waals surface area (Å²) in [4.78, 5) is 30.6. The van der Waals surface area contributed by atoms with Gasteiger partial charge in [0, 0.05) is 12.6 Å². The lowest BCUT2D eigenvalue weighted by Gasteiger charge is -2.28. The molecule has 0 aromatic carbocycles. The van der Waals surface area contributed by atoms with Crippen LogP contribution in [-0.4, -0.2) is 27.0 Å². The van der Waals surface area contributed by atoms with Gasteiger partial charge in [0.05, 0.1) is 5.41 Å². The van der Waals surface area contributed by atoms with Crippen molar-refractivity contribution in [1.82, 2.24) is 9.97 Å². The van der Waals surface area contributed by atoms with Gasteiger partial charge in [-0.2, -0.15) is 0 Å². The highest BCUT2D eigenvalue weighted by Gasteiger charge is 2.38. The van der Waals surface area contributed by atoms with E-state index < -0.39 is 17.3 Å². The van der Waals surface area contributed by atoms with E-state index in [1.807, 2.05) is 0 Å². The quantitative estimate of drug-likeness (QED) is 0.809. The Kier molecular flexibility index (Phi) is 4.83. The van der Waals surface area contributed by atoms with Crippen molar-refractivity contribution >= 4 is 29.3 Å². The number of hydrogen-bond acceptors (Lipinski definition) is 4. The third-order valence-corrected chi connectivity index (χ3v) is 3.37. The van der Waals surface area contributed by atoms with Crippen LogP contribution < -0.4 is 5.32 Å². The predicted molar refractivity (Wildman–Crippen MR) is 70.9 cm³/mol. The van der Waals surface area contributed by atoms with Crippen LogP contribution in [0.1, 0.15) is 27.2 Å². The molecule has 2 N–H and O–H groups in total. The number of anilines is 1. The molecule has 0 aliphatic heterocycles. The summed E-state index contributed by atoms with van der Waals surface area (Å²) in [5.41, 5.74) is -1.12. The summed E-state index contributed by atoms with van der Waals surface area (Å²) in [7, 11) is 0. The number of amides is 1. The Balaban J connectivity index is 2.77. The van der Waals surface area contributed by atoms with Crippen molar-refractivity contribution in [3.05, 3.63) is 17.5 Å². The van der Waals surface area contributed by atoms with Gasteiger partial charge in [-0.15, -0.1) is 0 Å². The van der Waals surface area contributed by atoms with Crippen LogP contribution in [0.4, 0.5) is 5.82 Å². The predicted octanol–water partition coefficient (Wildman–Crippen LogP) is 2.21. The van der Waals surface area contributed by atoms with Crippen LogP contribution in [-0.2, 0) is 9.59 Å². The topological polar surface area (TPSA) is 92.2 Å². The Bertz CT molecular complexity index is 493. The van der Waals surface area contributed by atoms with E-state index in [0.717, 1.165) is 0 Å². The van der Waals surface area contributed by atoms with Gasteiger partial charge in [0.25, 0.3) is 0 Å². The maximum absolute atomic E-state index is 11.9. The van der Waals surface area contributed by atoms with E-state index in [0.29, 0.717) is 0 Å². The number of carboxylic acids is 1. The number of aromatic nitrogens is 2. The largest absolute Gasteiger partial charge is 0.481 e. The van der Waals surface area contributed by atoms with Gasteiger partial charge in [-0.3, -0.25) is 9.59 Å². The van der Waals surface area contributed by atoms with Gasteiger partial charge in [-0.05, 0) is 30.5 Å². The lowest BCUT2D eigenvalue weighted by atomic mass is 9.76. The average molecular weight is 286 g/mol. The number of carbonyl (C=O) groups excluding carboxylic acids is 1. The Morgan fingerprint density at radius 1 is 1.53 bits per heavy atom. The number of nitrogens with one attached hydrogen (secondary N) is 1. The van der Waals surface area contributed by atoms with E-state index in [2.05, 4.69) is 15.3 Å². The van der Waals surface area contributed by atoms with E-state index in [9.17, 15) is 14.7 Å².